The van der Waals surface area contributed by atoms with Gasteiger partial charge in [0.2, 0.25) is 0 Å². The Hall–Kier alpha value is -1.11. The number of nitrogen functional groups attached to an aromatic ring is 1. The molecule has 0 aliphatic carbocycles. The Balaban J connectivity index is 0.000000385. The lowest BCUT2D eigenvalue weighted by Gasteiger charge is -2.03. The van der Waals surface area contributed by atoms with E-state index in [1.807, 2.05) is 31.2 Å². The monoisotopic (exact) mass is 250 g/mol. The van der Waals surface area contributed by atoms with Gasteiger partial charge in [-0.3, -0.25) is 5.84 Å². The molecule has 1 rings (SSSR count). The molecule has 7 nitrogen and oxygen atoms in total. The number of hydrogen-bond acceptors (Lipinski definition) is 4. The molecule has 0 unspecified atom stereocenters. The number of hydrazine groups is 1. The topological polar surface area (TPSA) is 125 Å². The van der Waals surface area contributed by atoms with Gasteiger partial charge in [0.05, 0.1) is 6.61 Å². The molecule has 0 radical (unpaired) electrons. The number of nitrogens with one attached hydrogen (secondary N) is 1. The Kier molecular flexibility index (Phi) is 6.71. The summed E-state index contributed by atoms with van der Waals surface area (Å²) in [5.41, 5.74) is 3.42. The van der Waals surface area contributed by atoms with Crippen LogP contribution in [0.5, 0.6) is 5.75 Å². The van der Waals surface area contributed by atoms with Crippen LogP contribution in [0.2, 0.25) is 0 Å². The van der Waals surface area contributed by atoms with Crippen molar-refractivity contribution in [3.8, 4) is 5.75 Å². The van der Waals surface area contributed by atoms with Gasteiger partial charge in [0.25, 0.3) is 0 Å². The summed E-state index contributed by atoms with van der Waals surface area (Å²) >= 11 is 0. The lowest BCUT2D eigenvalue weighted by atomic mass is 10.3. The highest BCUT2D eigenvalue weighted by Gasteiger charge is 2.00. The maximum absolute atomic E-state index is 8.88. The summed E-state index contributed by atoms with van der Waals surface area (Å²) in [4.78, 5) is 21.6. The van der Waals surface area contributed by atoms with E-state index in [-0.39, 0.29) is 0 Å². The third kappa shape index (κ3) is 9.45. The van der Waals surface area contributed by atoms with Crippen molar-refractivity contribution in [2.75, 3.05) is 12.0 Å². The van der Waals surface area contributed by atoms with E-state index in [1.165, 1.54) is 0 Å². The van der Waals surface area contributed by atoms with E-state index in [9.17, 15) is 0 Å². The van der Waals surface area contributed by atoms with Crippen molar-refractivity contribution in [3.05, 3.63) is 24.3 Å². The number of ether oxygens (including phenoxy) is 1. The Morgan fingerprint density at radius 3 is 2.06 bits per heavy atom. The first kappa shape index (κ1) is 14.9. The van der Waals surface area contributed by atoms with Gasteiger partial charge in [-0.15, -0.1) is 0 Å². The third-order valence-corrected chi connectivity index (χ3v) is 1.33. The summed E-state index contributed by atoms with van der Waals surface area (Å²) < 4.78 is 14.1. The Morgan fingerprint density at radius 1 is 1.31 bits per heavy atom. The zero-order chi connectivity index (χ0) is 12.6. The molecular weight excluding hydrogens is 235 g/mol. The molecule has 1 aromatic rings. The molecule has 0 saturated carbocycles. The molecule has 0 aliphatic rings. The second-order valence-electron chi connectivity index (χ2n) is 2.62. The second-order valence-corrected chi connectivity index (χ2v) is 3.64. The quantitative estimate of drug-likeness (QED) is 0.299. The van der Waals surface area contributed by atoms with Crippen LogP contribution in [0.25, 0.3) is 0 Å². The van der Waals surface area contributed by atoms with Crippen molar-refractivity contribution in [1.29, 1.82) is 0 Å². The van der Waals surface area contributed by atoms with Crippen molar-refractivity contribution in [1.82, 2.24) is 0 Å². The molecule has 0 spiro atoms. The van der Waals surface area contributed by atoms with Gasteiger partial charge in [-0.25, -0.2) is 4.57 Å². The van der Waals surface area contributed by atoms with E-state index in [0.29, 0.717) is 6.61 Å². The van der Waals surface area contributed by atoms with Crippen LogP contribution in [0.1, 0.15) is 6.92 Å². The molecule has 6 N–H and O–H groups in total. The highest BCUT2D eigenvalue weighted by atomic mass is 31.2. The fourth-order valence-electron chi connectivity index (χ4n) is 0.814. The van der Waals surface area contributed by atoms with E-state index in [2.05, 4.69) is 5.43 Å². The largest absolute Gasteiger partial charge is 0.494 e. The summed E-state index contributed by atoms with van der Waals surface area (Å²) in [7, 11) is -4.64. The fourth-order valence-corrected chi connectivity index (χ4v) is 0.814. The van der Waals surface area contributed by atoms with Gasteiger partial charge < -0.3 is 24.8 Å². The summed E-state index contributed by atoms with van der Waals surface area (Å²) in [5, 5.41) is 0. The first-order valence-electron chi connectivity index (χ1n) is 4.34. The van der Waals surface area contributed by atoms with Crippen molar-refractivity contribution >= 4 is 13.5 Å². The average Bonchev–Trinajstić information content (AvgIpc) is 2.17. The number of rotatable bonds is 3. The minimum atomic E-state index is -4.64. The number of anilines is 1. The first-order chi connectivity index (χ1) is 7.36. The highest BCUT2D eigenvalue weighted by Crippen LogP contribution is 2.25. The average molecular weight is 250 g/mol. The molecule has 0 amide bonds. The summed E-state index contributed by atoms with van der Waals surface area (Å²) in [6.07, 6.45) is 0. The van der Waals surface area contributed by atoms with Gasteiger partial charge in [-0.2, -0.15) is 0 Å². The molecule has 0 atom stereocenters. The predicted molar refractivity (Wildman–Crippen MR) is 59.7 cm³/mol. The molecule has 0 saturated heterocycles. The van der Waals surface area contributed by atoms with Crippen LogP contribution in [-0.4, -0.2) is 21.3 Å². The van der Waals surface area contributed by atoms with E-state index in [4.69, 9.17) is 29.8 Å². The van der Waals surface area contributed by atoms with E-state index in [0.717, 1.165) is 11.4 Å². The van der Waals surface area contributed by atoms with Crippen LogP contribution in [-0.2, 0) is 4.57 Å². The highest BCUT2D eigenvalue weighted by molar-refractivity contribution is 7.45. The standard InChI is InChI=1S/C8H12N2O.H3O4P/c1-2-11-8-5-3-7(10-9)4-6-8;1-5(2,3)4/h3-6,10H,2,9H2,1H3;(H3,1,2,3,4). The van der Waals surface area contributed by atoms with Crippen LogP contribution in [0.3, 0.4) is 0 Å². The van der Waals surface area contributed by atoms with Crippen LogP contribution in [0.4, 0.5) is 5.69 Å². The second kappa shape index (κ2) is 7.21. The zero-order valence-corrected chi connectivity index (χ0v) is 9.59. The SMILES string of the molecule is CCOc1ccc(NN)cc1.O=P(O)(O)O. The Morgan fingerprint density at radius 2 is 1.75 bits per heavy atom. The molecule has 16 heavy (non-hydrogen) atoms. The predicted octanol–water partition coefficient (Wildman–Crippen LogP) is 0.442. The summed E-state index contributed by atoms with van der Waals surface area (Å²) in [6.45, 7) is 2.64. The minimum absolute atomic E-state index is 0.690. The Labute approximate surface area is 93.1 Å². The molecule has 8 heteroatoms. The van der Waals surface area contributed by atoms with E-state index < -0.39 is 7.82 Å². The maximum Gasteiger partial charge on any atom is 0.466 e. The normalized spacial score (nSPS) is 10.1. The van der Waals surface area contributed by atoms with Crippen molar-refractivity contribution in [3.63, 3.8) is 0 Å². The fraction of sp³-hybridized carbons (Fsp3) is 0.250. The van der Waals surface area contributed by atoms with Gasteiger partial charge in [0.1, 0.15) is 5.75 Å². The lowest BCUT2D eigenvalue weighted by molar-refractivity contribution is 0.275. The van der Waals surface area contributed by atoms with E-state index >= 15 is 0 Å². The molecular formula is C8H15N2O5P. The number of nitrogens with two attached hydrogens (primary N) is 1. The molecule has 0 fully saturated rings. The van der Waals surface area contributed by atoms with Crippen molar-refractivity contribution in [2.24, 2.45) is 5.84 Å². The minimum Gasteiger partial charge on any atom is -0.494 e. The van der Waals surface area contributed by atoms with Crippen LogP contribution < -0.4 is 16.0 Å². The Bertz CT molecular complexity index is 329. The molecule has 0 aromatic heterocycles. The summed E-state index contributed by atoms with van der Waals surface area (Å²) in [6, 6.07) is 7.48. The number of benzene rings is 1. The summed E-state index contributed by atoms with van der Waals surface area (Å²) in [5.74, 6) is 6.05. The lowest BCUT2D eigenvalue weighted by Crippen LogP contribution is -2.06. The van der Waals surface area contributed by atoms with Crippen molar-refractivity contribution in [2.45, 2.75) is 6.92 Å². The molecule has 0 aliphatic heterocycles. The van der Waals surface area contributed by atoms with Gasteiger partial charge in [-0.1, -0.05) is 0 Å². The smallest absolute Gasteiger partial charge is 0.466 e. The van der Waals surface area contributed by atoms with Gasteiger partial charge >= 0.3 is 7.82 Å². The maximum atomic E-state index is 8.88. The van der Waals surface area contributed by atoms with Gasteiger partial charge in [0, 0.05) is 5.69 Å². The number of phosphoric acid groups is 1. The molecule has 0 bridgehead atoms. The van der Waals surface area contributed by atoms with Gasteiger partial charge in [-0.05, 0) is 31.2 Å². The first-order valence-corrected chi connectivity index (χ1v) is 5.91. The van der Waals surface area contributed by atoms with Crippen LogP contribution in [0.15, 0.2) is 24.3 Å². The van der Waals surface area contributed by atoms with Gasteiger partial charge in [0.15, 0.2) is 0 Å². The van der Waals surface area contributed by atoms with E-state index in [1.54, 1.807) is 0 Å². The zero-order valence-electron chi connectivity index (χ0n) is 8.70. The molecule has 0 heterocycles. The van der Waals surface area contributed by atoms with Crippen LogP contribution in [0, 0.1) is 0 Å². The number of hydrogen-bond donors (Lipinski definition) is 5. The third-order valence-electron chi connectivity index (χ3n) is 1.33. The molecule has 1 aromatic carbocycles. The van der Waals surface area contributed by atoms with Crippen LogP contribution >= 0.6 is 7.82 Å². The molecule has 92 valence electrons. The van der Waals surface area contributed by atoms with Crippen molar-refractivity contribution < 1.29 is 24.0 Å².